The first-order valence-electron chi connectivity index (χ1n) is 7.08. The molecule has 0 spiro atoms. The van der Waals surface area contributed by atoms with Gasteiger partial charge < -0.3 is 55.1 Å². The highest BCUT2D eigenvalue weighted by Crippen LogP contribution is 2.28. The van der Waals surface area contributed by atoms with Gasteiger partial charge in [-0.05, 0) is 0 Å². The molecule has 11 nitrogen and oxygen atoms in total. The first-order chi connectivity index (χ1) is 10.8. The van der Waals surface area contributed by atoms with Gasteiger partial charge in [-0.2, -0.15) is 0 Å². The van der Waals surface area contributed by atoms with Crippen molar-refractivity contribution in [1.82, 2.24) is 0 Å². The Morgan fingerprint density at radius 3 is 1.83 bits per heavy atom. The molecule has 136 valence electrons. The van der Waals surface area contributed by atoms with Gasteiger partial charge in [-0.3, -0.25) is 0 Å². The van der Waals surface area contributed by atoms with E-state index >= 15 is 0 Å². The van der Waals surface area contributed by atoms with E-state index in [9.17, 15) is 35.7 Å². The van der Waals surface area contributed by atoms with Crippen molar-refractivity contribution < 1.29 is 55.1 Å². The van der Waals surface area contributed by atoms with E-state index in [0.29, 0.717) is 0 Å². The molecule has 0 unspecified atom stereocenters. The molecule has 2 aliphatic heterocycles. The molecule has 0 amide bonds. The predicted octanol–water partition coefficient (Wildman–Crippen LogP) is -5.40. The summed E-state index contributed by atoms with van der Waals surface area (Å²) in [7, 11) is 0. The number of rotatable bonds is 4. The van der Waals surface area contributed by atoms with Crippen LogP contribution >= 0.6 is 0 Å². The highest BCUT2D eigenvalue weighted by molar-refractivity contribution is 4.93. The number of hydrogen-bond acceptors (Lipinski definition) is 11. The van der Waals surface area contributed by atoms with E-state index in [2.05, 4.69) is 0 Å². The monoisotopic (exact) mass is 342 g/mol. The van der Waals surface area contributed by atoms with Crippen LogP contribution in [0.3, 0.4) is 0 Å². The van der Waals surface area contributed by atoms with E-state index in [-0.39, 0.29) is 0 Å². The zero-order valence-corrected chi connectivity index (χ0v) is 12.0. The first kappa shape index (κ1) is 18.9. The Kier molecular flexibility index (Phi) is 6.27. The average molecular weight is 342 g/mol. The molecule has 2 heterocycles. The van der Waals surface area contributed by atoms with E-state index in [0.717, 1.165) is 0 Å². The molecule has 23 heavy (non-hydrogen) atoms. The maximum Gasteiger partial charge on any atom is 0.187 e. The first-order valence-corrected chi connectivity index (χ1v) is 7.08. The third-order valence-corrected chi connectivity index (χ3v) is 3.98. The van der Waals surface area contributed by atoms with Crippen LogP contribution in [0.5, 0.6) is 0 Å². The summed E-state index contributed by atoms with van der Waals surface area (Å²) >= 11 is 0. The van der Waals surface area contributed by atoms with Crippen LogP contribution in [0, 0.1) is 0 Å². The lowest BCUT2D eigenvalue weighted by molar-refractivity contribution is -0.355. The molecule has 11 heteroatoms. The fourth-order valence-corrected chi connectivity index (χ4v) is 2.57. The molecular weight excluding hydrogens is 320 g/mol. The molecule has 2 aliphatic rings. The van der Waals surface area contributed by atoms with Gasteiger partial charge in [0.05, 0.1) is 13.2 Å². The fourth-order valence-electron chi connectivity index (χ4n) is 2.57. The zero-order valence-electron chi connectivity index (χ0n) is 12.0. The van der Waals surface area contributed by atoms with Crippen molar-refractivity contribution in [3.8, 4) is 0 Å². The normalized spacial score (nSPS) is 51.7. The molecule has 0 aromatic heterocycles. The molecular formula is C12H22O11. The Morgan fingerprint density at radius 2 is 1.26 bits per heavy atom. The third-order valence-electron chi connectivity index (χ3n) is 3.98. The molecule has 0 radical (unpaired) electrons. The van der Waals surface area contributed by atoms with Gasteiger partial charge in [0.2, 0.25) is 0 Å². The van der Waals surface area contributed by atoms with Crippen LogP contribution in [0.1, 0.15) is 0 Å². The van der Waals surface area contributed by atoms with Crippen molar-refractivity contribution in [1.29, 1.82) is 0 Å². The number of aliphatic hydroxyl groups is 8. The molecule has 0 saturated carbocycles. The van der Waals surface area contributed by atoms with E-state index in [1.807, 2.05) is 0 Å². The van der Waals surface area contributed by atoms with Crippen molar-refractivity contribution in [3.63, 3.8) is 0 Å². The Hall–Kier alpha value is -0.440. The molecule has 0 aliphatic carbocycles. The van der Waals surface area contributed by atoms with Gasteiger partial charge in [-0.1, -0.05) is 0 Å². The van der Waals surface area contributed by atoms with Crippen molar-refractivity contribution >= 4 is 0 Å². The zero-order chi connectivity index (χ0) is 17.3. The summed E-state index contributed by atoms with van der Waals surface area (Å²) in [4.78, 5) is 0. The maximum absolute atomic E-state index is 9.94. The fraction of sp³-hybridized carbons (Fsp3) is 1.00. The van der Waals surface area contributed by atoms with Crippen molar-refractivity contribution in [2.45, 2.75) is 61.4 Å². The van der Waals surface area contributed by atoms with Crippen molar-refractivity contribution in [2.75, 3.05) is 13.2 Å². The van der Waals surface area contributed by atoms with Gasteiger partial charge >= 0.3 is 0 Å². The molecule has 0 aromatic carbocycles. The number of aliphatic hydroxyl groups excluding tert-OH is 8. The van der Waals surface area contributed by atoms with Gasteiger partial charge in [-0.15, -0.1) is 0 Å². The highest BCUT2D eigenvalue weighted by Gasteiger charge is 2.50. The molecule has 0 aromatic rings. The minimum Gasteiger partial charge on any atom is -0.394 e. The summed E-state index contributed by atoms with van der Waals surface area (Å²) in [6.07, 6.45) is -15.6. The molecule has 8 N–H and O–H groups in total. The van der Waals surface area contributed by atoms with Crippen LogP contribution in [0.2, 0.25) is 0 Å². The molecule has 10 atom stereocenters. The second-order valence-corrected chi connectivity index (χ2v) is 5.53. The number of hydrogen-bond donors (Lipinski definition) is 8. The summed E-state index contributed by atoms with van der Waals surface area (Å²) in [6.45, 7) is -1.35. The van der Waals surface area contributed by atoms with Crippen LogP contribution in [0.4, 0.5) is 0 Å². The summed E-state index contributed by atoms with van der Waals surface area (Å²) in [5, 5.41) is 76.5. The smallest absolute Gasteiger partial charge is 0.187 e. The topological polar surface area (TPSA) is 190 Å². The standard InChI is InChI=1S/C12H22O11/c13-1-3-5(15)6(16)9(19)12(22-3)23-10-4(2-14)21-11(20)8(18)7(10)17/h3-20H,1-2H2/t3-,4-,5-,6-,7-,8+,9+,10-,11+,12-/m1/s1. The Balaban J connectivity index is 2.11. The lowest BCUT2D eigenvalue weighted by Crippen LogP contribution is -2.64. The predicted molar refractivity (Wildman–Crippen MR) is 68.6 cm³/mol. The Bertz CT molecular complexity index is 378. The minimum absolute atomic E-state index is 0.667. The maximum atomic E-state index is 9.94. The van der Waals surface area contributed by atoms with E-state index in [1.165, 1.54) is 0 Å². The summed E-state index contributed by atoms with van der Waals surface area (Å²) in [5.74, 6) is 0. The number of ether oxygens (including phenoxy) is 3. The van der Waals surface area contributed by atoms with E-state index in [4.69, 9.17) is 19.3 Å². The Labute approximate surface area is 130 Å². The quantitative estimate of drug-likeness (QED) is 0.243. The lowest BCUT2D eigenvalue weighted by atomic mass is 9.97. The van der Waals surface area contributed by atoms with Gasteiger partial charge in [0, 0.05) is 0 Å². The van der Waals surface area contributed by atoms with Gasteiger partial charge in [0.1, 0.15) is 48.8 Å². The summed E-state index contributed by atoms with van der Waals surface area (Å²) in [6, 6.07) is 0. The van der Waals surface area contributed by atoms with Crippen LogP contribution in [-0.2, 0) is 14.2 Å². The minimum atomic E-state index is -1.74. The molecule has 2 rings (SSSR count). The SMILES string of the molecule is OC[C@H]1O[C@H](O[C@H]2[C@H](O)[C@H](O)[C@@H](O)O[C@@H]2CO)[C@@H](O)[C@H](O)[C@@H]1O. The second-order valence-electron chi connectivity index (χ2n) is 5.53. The summed E-state index contributed by atoms with van der Waals surface area (Å²) in [5.41, 5.74) is 0. The van der Waals surface area contributed by atoms with E-state index in [1.54, 1.807) is 0 Å². The molecule has 2 fully saturated rings. The van der Waals surface area contributed by atoms with Crippen molar-refractivity contribution in [2.24, 2.45) is 0 Å². The largest absolute Gasteiger partial charge is 0.394 e. The van der Waals surface area contributed by atoms with Crippen LogP contribution in [-0.4, -0.2) is 115 Å². The third kappa shape index (κ3) is 3.65. The van der Waals surface area contributed by atoms with Crippen molar-refractivity contribution in [3.05, 3.63) is 0 Å². The summed E-state index contributed by atoms with van der Waals surface area (Å²) < 4.78 is 15.3. The molecule has 0 bridgehead atoms. The second kappa shape index (κ2) is 7.63. The van der Waals surface area contributed by atoms with Gasteiger partial charge in [0.15, 0.2) is 12.6 Å². The average Bonchev–Trinajstić information content (AvgIpc) is 2.55. The van der Waals surface area contributed by atoms with E-state index < -0.39 is 74.6 Å². The molecule has 2 saturated heterocycles. The highest BCUT2D eigenvalue weighted by atomic mass is 16.7. The van der Waals surface area contributed by atoms with Crippen LogP contribution in [0.15, 0.2) is 0 Å². The van der Waals surface area contributed by atoms with Gasteiger partial charge in [-0.25, -0.2) is 0 Å². The van der Waals surface area contributed by atoms with Crippen LogP contribution < -0.4 is 0 Å². The lowest BCUT2D eigenvalue weighted by Gasteiger charge is -2.45. The van der Waals surface area contributed by atoms with Crippen LogP contribution in [0.25, 0.3) is 0 Å². The van der Waals surface area contributed by atoms with Gasteiger partial charge in [0.25, 0.3) is 0 Å². The Morgan fingerprint density at radius 1 is 0.652 bits per heavy atom.